The van der Waals surface area contributed by atoms with Crippen LogP contribution in [0.25, 0.3) is 0 Å². The molecule has 1 aliphatic carbocycles. The summed E-state index contributed by atoms with van der Waals surface area (Å²) in [6, 6.07) is 5.72. The zero-order chi connectivity index (χ0) is 14.1. The lowest BCUT2D eigenvalue weighted by Gasteiger charge is -2.38. The van der Waals surface area contributed by atoms with E-state index in [2.05, 4.69) is 6.92 Å². The Kier molecular flexibility index (Phi) is 3.88. The molecule has 1 N–H and O–H groups in total. The molecule has 3 heteroatoms. The van der Waals surface area contributed by atoms with Gasteiger partial charge in [-0.15, -0.1) is 0 Å². The molecule has 4 atom stereocenters. The fourth-order valence-corrected chi connectivity index (χ4v) is 3.69. The molecule has 0 bridgehead atoms. The summed E-state index contributed by atoms with van der Waals surface area (Å²) >= 11 is 0. The third-order valence-electron chi connectivity index (χ3n) is 4.81. The monoisotopic (exact) mass is 276 g/mol. The van der Waals surface area contributed by atoms with Gasteiger partial charge >= 0.3 is 0 Å². The van der Waals surface area contributed by atoms with Crippen LogP contribution in [0.5, 0.6) is 11.5 Å². The van der Waals surface area contributed by atoms with Crippen LogP contribution < -0.4 is 9.47 Å². The van der Waals surface area contributed by atoms with E-state index in [1.165, 1.54) is 25.7 Å². The van der Waals surface area contributed by atoms with Crippen molar-refractivity contribution in [1.29, 1.82) is 0 Å². The van der Waals surface area contributed by atoms with Gasteiger partial charge in [0.25, 0.3) is 0 Å². The van der Waals surface area contributed by atoms with E-state index >= 15 is 0 Å². The molecular formula is C17H24O3. The van der Waals surface area contributed by atoms with E-state index in [1.807, 2.05) is 18.2 Å². The SMILES string of the molecule is COc1ccc2c(c1)[C@@H](O)CC(C1CCCC(C)C1)O2. The fourth-order valence-electron chi connectivity index (χ4n) is 3.69. The molecule has 0 aromatic heterocycles. The molecule has 3 unspecified atom stereocenters. The summed E-state index contributed by atoms with van der Waals surface area (Å²) in [6.45, 7) is 2.32. The van der Waals surface area contributed by atoms with Crippen LogP contribution in [-0.4, -0.2) is 18.3 Å². The minimum absolute atomic E-state index is 0.161. The van der Waals surface area contributed by atoms with Gasteiger partial charge in [-0.2, -0.15) is 0 Å². The summed E-state index contributed by atoms with van der Waals surface area (Å²) < 4.78 is 11.4. The number of hydrogen-bond donors (Lipinski definition) is 1. The molecule has 0 amide bonds. The second-order valence-corrected chi connectivity index (χ2v) is 6.34. The number of aliphatic hydroxyl groups is 1. The van der Waals surface area contributed by atoms with Crippen LogP contribution in [0.15, 0.2) is 18.2 Å². The molecule has 0 saturated heterocycles. The molecule has 3 nitrogen and oxygen atoms in total. The van der Waals surface area contributed by atoms with Crippen LogP contribution in [0, 0.1) is 11.8 Å². The van der Waals surface area contributed by atoms with Gasteiger partial charge in [-0.25, -0.2) is 0 Å². The second-order valence-electron chi connectivity index (χ2n) is 6.34. The van der Waals surface area contributed by atoms with Gasteiger partial charge in [0.2, 0.25) is 0 Å². The zero-order valence-electron chi connectivity index (χ0n) is 12.3. The molecule has 1 aromatic carbocycles. The number of rotatable bonds is 2. The van der Waals surface area contributed by atoms with Crippen LogP contribution in [0.4, 0.5) is 0 Å². The summed E-state index contributed by atoms with van der Waals surface area (Å²) in [7, 11) is 1.64. The van der Waals surface area contributed by atoms with Crippen molar-refractivity contribution in [2.24, 2.45) is 11.8 Å². The lowest BCUT2D eigenvalue weighted by Crippen LogP contribution is -2.35. The van der Waals surface area contributed by atoms with Crippen molar-refractivity contribution in [1.82, 2.24) is 0 Å². The maximum absolute atomic E-state index is 10.4. The highest BCUT2D eigenvalue weighted by atomic mass is 16.5. The maximum Gasteiger partial charge on any atom is 0.125 e. The fraction of sp³-hybridized carbons (Fsp3) is 0.647. The average Bonchev–Trinajstić information content (AvgIpc) is 2.47. The van der Waals surface area contributed by atoms with Crippen LogP contribution in [-0.2, 0) is 0 Å². The lowest BCUT2D eigenvalue weighted by molar-refractivity contribution is 0.0170. The molecule has 20 heavy (non-hydrogen) atoms. The molecule has 1 aliphatic heterocycles. The standard InChI is InChI=1S/C17H24O3/c1-11-4-3-5-12(8-11)17-10-15(18)14-9-13(19-2)6-7-16(14)20-17/h6-7,9,11-12,15,17-18H,3-5,8,10H2,1-2H3/t11?,12?,15-,17?/m0/s1. The van der Waals surface area contributed by atoms with Crippen molar-refractivity contribution in [2.45, 2.75) is 51.2 Å². The Labute approximate surface area is 120 Å². The first-order chi connectivity index (χ1) is 9.67. The molecule has 1 heterocycles. The second kappa shape index (κ2) is 5.65. The minimum Gasteiger partial charge on any atom is -0.497 e. The quantitative estimate of drug-likeness (QED) is 0.895. The van der Waals surface area contributed by atoms with Crippen molar-refractivity contribution >= 4 is 0 Å². The highest BCUT2D eigenvalue weighted by Gasteiger charge is 2.34. The molecule has 1 saturated carbocycles. The summed E-state index contributed by atoms with van der Waals surface area (Å²) in [6.07, 6.45) is 5.51. The Hall–Kier alpha value is -1.22. The van der Waals surface area contributed by atoms with Crippen LogP contribution in [0.2, 0.25) is 0 Å². The molecule has 110 valence electrons. The third-order valence-corrected chi connectivity index (χ3v) is 4.81. The zero-order valence-corrected chi connectivity index (χ0v) is 12.3. The van der Waals surface area contributed by atoms with Gasteiger partial charge in [-0.3, -0.25) is 0 Å². The van der Waals surface area contributed by atoms with Crippen molar-refractivity contribution in [3.8, 4) is 11.5 Å². The first kappa shape index (κ1) is 13.7. The molecule has 1 fully saturated rings. The topological polar surface area (TPSA) is 38.7 Å². The van der Waals surface area contributed by atoms with Gasteiger partial charge in [-0.1, -0.05) is 19.8 Å². The summed E-state index contributed by atoms with van der Waals surface area (Å²) in [5, 5.41) is 10.4. The Morgan fingerprint density at radius 2 is 2.10 bits per heavy atom. The van der Waals surface area contributed by atoms with Gasteiger partial charge < -0.3 is 14.6 Å². The van der Waals surface area contributed by atoms with E-state index in [0.29, 0.717) is 12.3 Å². The number of benzene rings is 1. The van der Waals surface area contributed by atoms with Gasteiger partial charge in [0, 0.05) is 12.0 Å². The van der Waals surface area contributed by atoms with E-state index in [1.54, 1.807) is 7.11 Å². The molecule has 0 spiro atoms. The van der Waals surface area contributed by atoms with Crippen LogP contribution in [0.3, 0.4) is 0 Å². The summed E-state index contributed by atoms with van der Waals surface area (Å²) in [5.74, 6) is 2.97. The number of hydrogen-bond acceptors (Lipinski definition) is 3. The first-order valence-electron chi connectivity index (χ1n) is 7.70. The summed E-state index contributed by atoms with van der Waals surface area (Å²) in [5.41, 5.74) is 0.865. The number of aliphatic hydroxyl groups excluding tert-OH is 1. The molecule has 2 aliphatic rings. The highest BCUT2D eigenvalue weighted by molar-refractivity contribution is 5.43. The van der Waals surface area contributed by atoms with E-state index in [-0.39, 0.29) is 6.10 Å². The van der Waals surface area contributed by atoms with E-state index in [9.17, 15) is 5.11 Å². The Balaban J connectivity index is 1.78. The number of ether oxygens (including phenoxy) is 2. The predicted molar refractivity (Wildman–Crippen MR) is 78.1 cm³/mol. The average molecular weight is 276 g/mol. The molecule has 0 radical (unpaired) electrons. The van der Waals surface area contributed by atoms with Crippen molar-refractivity contribution in [2.75, 3.05) is 7.11 Å². The first-order valence-corrected chi connectivity index (χ1v) is 7.70. The predicted octanol–water partition coefficient (Wildman–Crippen LogP) is 3.71. The maximum atomic E-state index is 10.4. The van der Waals surface area contributed by atoms with Crippen molar-refractivity contribution in [3.05, 3.63) is 23.8 Å². The molecule has 1 aromatic rings. The third kappa shape index (κ3) is 2.64. The Morgan fingerprint density at radius 1 is 1.25 bits per heavy atom. The normalized spacial score (nSPS) is 33.1. The van der Waals surface area contributed by atoms with Crippen molar-refractivity contribution < 1.29 is 14.6 Å². The van der Waals surface area contributed by atoms with Gasteiger partial charge in [-0.05, 0) is 42.9 Å². The van der Waals surface area contributed by atoms with E-state index in [4.69, 9.17) is 9.47 Å². The molecule has 3 rings (SSSR count). The van der Waals surface area contributed by atoms with Gasteiger partial charge in [0.1, 0.15) is 17.6 Å². The van der Waals surface area contributed by atoms with E-state index < -0.39 is 6.10 Å². The lowest BCUT2D eigenvalue weighted by atomic mass is 9.77. The van der Waals surface area contributed by atoms with Crippen molar-refractivity contribution in [3.63, 3.8) is 0 Å². The Bertz CT molecular complexity index is 471. The smallest absolute Gasteiger partial charge is 0.125 e. The molecular weight excluding hydrogens is 252 g/mol. The van der Waals surface area contributed by atoms with Crippen LogP contribution >= 0.6 is 0 Å². The number of fused-ring (bicyclic) bond motifs is 1. The highest BCUT2D eigenvalue weighted by Crippen LogP contribution is 2.42. The minimum atomic E-state index is -0.434. The van der Waals surface area contributed by atoms with Gasteiger partial charge in [0.05, 0.1) is 13.2 Å². The Morgan fingerprint density at radius 3 is 2.85 bits per heavy atom. The van der Waals surface area contributed by atoms with E-state index in [0.717, 1.165) is 23.0 Å². The summed E-state index contributed by atoms with van der Waals surface area (Å²) in [4.78, 5) is 0. The van der Waals surface area contributed by atoms with Crippen LogP contribution in [0.1, 0.15) is 50.7 Å². The van der Waals surface area contributed by atoms with Gasteiger partial charge in [0.15, 0.2) is 0 Å². The largest absolute Gasteiger partial charge is 0.497 e. The number of methoxy groups -OCH3 is 1.